The summed E-state index contributed by atoms with van der Waals surface area (Å²) in [6.07, 6.45) is -3.26. The quantitative estimate of drug-likeness (QED) is 0.394. The molecule has 3 aliphatic carbocycles. The highest BCUT2D eigenvalue weighted by molar-refractivity contribution is 6.01. The van der Waals surface area contributed by atoms with Crippen LogP contribution in [-0.2, 0) is 19.1 Å². The van der Waals surface area contributed by atoms with Gasteiger partial charge in [-0.2, -0.15) is 0 Å². The maximum atomic E-state index is 13.3. The number of aliphatic hydroxyl groups excluding tert-OH is 3. The Kier molecular flexibility index (Phi) is 2.86. The fourth-order valence-corrected chi connectivity index (χ4v) is 6.91. The summed E-state index contributed by atoms with van der Waals surface area (Å²) in [4.78, 5) is 25.8. The SMILES string of the molecule is C[C@@H]1[C@@H]2OC(=O)[C@H]1[C@@]1(C)C(=O)C=C3[C@](C)([C@@H]1[C@@H]2O)[C@@H](O)[C@H](O)[C@@H]1O[C@]31C. The smallest absolute Gasteiger partial charge is 0.310 e. The summed E-state index contributed by atoms with van der Waals surface area (Å²) in [6, 6.07) is 0. The van der Waals surface area contributed by atoms with Gasteiger partial charge in [0.15, 0.2) is 5.78 Å². The summed E-state index contributed by atoms with van der Waals surface area (Å²) < 4.78 is 11.1. The van der Waals surface area contributed by atoms with Crippen molar-refractivity contribution >= 4 is 11.8 Å². The van der Waals surface area contributed by atoms with Gasteiger partial charge in [-0.3, -0.25) is 9.59 Å². The highest BCUT2D eigenvalue weighted by Gasteiger charge is 2.79. The first-order valence-electron chi connectivity index (χ1n) is 9.20. The number of hydrogen-bond donors (Lipinski definition) is 3. The van der Waals surface area contributed by atoms with Crippen molar-refractivity contribution in [3.05, 3.63) is 11.6 Å². The molecule has 0 amide bonds. The predicted molar refractivity (Wildman–Crippen MR) is 86.6 cm³/mol. The molecule has 7 nitrogen and oxygen atoms in total. The molecule has 2 aliphatic heterocycles. The maximum Gasteiger partial charge on any atom is 0.310 e. The fraction of sp³-hybridized carbons (Fsp3) is 0.789. The largest absolute Gasteiger partial charge is 0.459 e. The Balaban J connectivity index is 1.78. The number of carbonyl (C=O) groups is 2. The van der Waals surface area contributed by atoms with Gasteiger partial charge in [-0.25, -0.2) is 0 Å². The summed E-state index contributed by atoms with van der Waals surface area (Å²) in [5.41, 5.74) is -2.55. The Morgan fingerprint density at radius 3 is 2.35 bits per heavy atom. The van der Waals surface area contributed by atoms with Gasteiger partial charge in [-0.15, -0.1) is 0 Å². The average molecular weight is 364 g/mol. The summed E-state index contributed by atoms with van der Waals surface area (Å²) in [7, 11) is 0. The molecule has 2 heterocycles. The predicted octanol–water partition coefficient (Wildman–Crippen LogP) is -0.431. The number of ether oxygens (including phenoxy) is 2. The standard InChI is InChI=1S/C19H24O7/c1-6-9-16(24)25-12(6)10(21)13-17(2)7(5-8(20)18(9,13)3)19(4)15(26-19)11(22)14(17)23/h5-6,9-15,21-23H,1-4H3/t6-,9-,10+,11-,12-,13-,14-,15-,17+,18+,19+/m0/s1. The third kappa shape index (κ3) is 1.46. The Morgan fingerprint density at radius 2 is 1.69 bits per heavy atom. The molecule has 11 atom stereocenters. The second-order valence-electron chi connectivity index (χ2n) is 9.28. The highest BCUT2D eigenvalue weighted by atomic mass is 16.6. The Bertz CT molecular complexity index is 776. The lowest BCUT2D eigenvalue weighted by molar-refractivity contribution is -0.190. The van der Waals surface area contributed by atoms with Gasteiger partial charge in [0.25, 0.3) is 0 Å². The summed E-state index contributed by atoms with van der Waals surface area (Å²) >= 11 is 0. The number of epoxide rings is 1. The normalized spacial score (nSPS) is 62.7. The second kappa shape index (κ2) is 4.41. The van der Waals surface area contributed by atoms with E-state index in [0.29, 0.717) is 5.57 Å². The number of hydrogen-bond acceptors (Lipinski definition) is 7. The molecule has 0 aromatic carbocycles. The zero-order chi connectivity index (χ0) is 19.0. The molecule has 0 aromatic heterocycles. The van der Waals surface area contributed by atoms with Crippen molar-refractivity contribution in [2.75, 3.05) is 0 Å². The Hall–Kier alpha value is -1.28. The number of fused-ring (bicyclic) bond motifs is 8. The molecule has 0 unspecified atom stereocenters. The summed E-state index contributed by atoms with van der Waals surface area (Å²) in [6.45, 7) is 7.05. The second-order valence-corrected chi connectivity index (χ2v) is 9.28. The zero-order valence-electron chi connectivity index (χ0n) is 15.2. The molecule has 5 aliphatic rings. The lowest BCUT2D eigenvalue weighted by Gasteiger charge is -2.60. The molecule has 7 heteroatoms. The minimum atomic E-state index is -1.22. The summed E-state index contributed by atoms with van der Waals surface area (Å²) in [5.74, 6) is -2.46. The van der Waals surface area contributed by atoms with E-state index in [1.807, 2.05) is 6.92 Å². The van der Waals surface area contributed by atoms with Crippen molar-refractivity contribution in [3.63, 3.8) is 0 Å². The van der Waals surface area contributed by atoms with Gasteiger partial charge in [-0.05, 0) is 18.6 Å². The van der Waals surface area contributed by atoms with Crippen LogP contribution in [0.25, 0.3) is 0 Å². The molecule has 2 saturated carbocycles. The third-order valence-electron chi connectivity index (χ3n) is 8.19. The van der Waals surface area contributed by atoms with Gasteiger partial charge in [0.05, 0.1) is 23.5 Å². The fourth-order valence-electron chi connectivity index (χ4n) is 6.91. The van der Waals surface area contributed by atoms with E-state index in [0.717, 1.165) is 0 Å². The molecule has 5 rings (SSSR count). The van der Waals surface area contributed by atoms with Crippen molar-refractivity contribution < 1.29 is 34.4 Å². The van der Waals surface area contributed by atoms with Crippen LogP contribution in [0, 0.1) is 28.6 Å². The molecule has 0 aromatic rings. The average Bonchev–Trinajstić information content (AvgIpc) is 3.18. The number of carbonyl (C=O) groups excluding carboxylic acids is 2. The van der Waals surface area contributed by atoms with Crippen molar-refractivity contribution in [3.8, 4) is 0 Å². The first-order valence-corrected chi connectivity index (χ1v) is 9.20. The van der Waals surface area contributed by atoms with Gasteiger partial charge in [0.1, 0.15) is 23.9 Å². The Labute approximate surface area is 151 Å². The molecule has 2 bridgehead atoms. The van der Waals surface area contributed by atoms with Crippen molar-refractivity contribution in [2.45, 2.75) is 63.8 Å². The van der Waals surface area contributed by atoms with Crippen LogP contribution in [0.1, 0.15) is 27.7 Å². The molecule has 2 saturated heterocycles. The molecule has 142 valence electrons. The van der Waals surface area contributed by atoms with E-state index in [1.54, 1.807) is 20.8 Å². The van der Waals surface area contributed by atoms with E-state index in [-0.39, 0.29) is 11.7 Å². The molecule has 4 fully saturated rings. The first kappa shape index (κ1) is 16.9. The monoisotopic (exact) mass is 364 g/mol. The van der Waals surface area contributed by atoms with Crippen LogP contribution >= 0.6 is 0 Å². The van der Waals surface area contributed by atoms with Gasteiger partial charge < -0.3 is 24.8 Å². The molecule has 26 heavy (non-hydrogen) atoms. The molecule has 0 radical (unpaired) electrons. The van der Waals surface area contributed by atoms with Crippen molar-refractivity contribution in [1.29, 1.82) is 0 Å². The molecular weight excluding hydrogens is 340 g/mol. The number of esters is 1. The number of rotatable bonds is 0. The number of allylic oxidation sites excluding steroid dienone is 1. The third-order valence-corrected chi connectivity index (χ3v) is 8.19. The minimum absolute atomic E-state index is 0.248. The van der Waals surface area contributed by atoms with Crippen LogP contribution in [0.2, 0.25) is 0 Å². The highest BCUT2D eigenvalue weighted by Crippen LogP contribution is 2.69. The number of aliphatic hydroxyl groups is 3. The lowest BCUT2D eigenvalue weighted by atomic mass is 9.41. The minimum Gasteiger partial charge on any atom is -0.459 e. The van der Waals surface area contributed by atoms with Crippen LogP contribution in [0.4, 0.5) is 0 Å². The van der Waals surface area contributed by atoms with Gasteiger partial charge >= 0.3 is 5.97 Å². The summed E-state index contributed by atoms with van der Waals surface area (Å²) in [5, 5.41) is 32.7. The van der Waals surface area contributed by atoms with Gasteiger partial charge in [-0.1, -0.05) is 20.8 Å². The van der Waals surface area contributed by atoms with Crippen molar-refractivity contribution in [2.24, 2.45) is 28.6 Å². The van der Waals surface area contributed by atoms with E-state index >= 15 is 0 Å². The van der Waals surface area contributed by atoms with Crippen LogP contribution in [0.15, 0.2) is 11.6 Å². The van der Waals surface area contributed by atoms with E-state index in [1.165, 1.54) is 6.08 Å². The Morgan fingerprint density at radius 1 is 1.04 bits per heavy atom. The topological polar surface area (TPSA) is 117 Å². The van der Waals surface area contributed by atoms with Gasteiger partial charge in [0, 0.05) is 17.3 Å². The molecule has 0 spiro atoms. The van der Waals surface area contributed by atoms with E-state index in [2.05, 4.69) is 0 Å². The number of ketones is 1. The van der Waals surface area contributed by atoms with Crippen LogP contribution in [0.5, 0.6) is 0 Å². The maximum absolute atomic E-state index is 13.3. The van der Waals surface area contributed by atoms with Crippen LogP contribution in [-0.4, -0.2) is 63.2 Å². The zero-order valence-corrected chi connectivity index (χ0v) is 15.2. The van der Waals surface area contributed by atoms with Crippen LogP contribution < -0.4 is 0 Å². The van der Waals surface area contributed by atoms with E-state index in [4.69, 9.17) is 9.47 Å². The van der Waals surface area contributed by atoms with Crippen LogP contribution in [0.3, 0.4) is 0 Å². The van der Waals surface area contributed by atoms with Gasteiger partial charge in [0.2, 0.25) is 0 Å². The first-order chi connectivity index (χ1) is 12.0. The van der Waals surface area contributed by atoms with Crippen molar-refractivity contribution in [1.82, 2.24) is 0 Å². The molecule has 3 N–H and O–H groups in total. The van der Waals surface area contributed by atoms with E-state index in [9.17, 15) is 24.9 Å². The molecular formula is C19H24O7. The lowest BCUT2D eigenvalue weighted by Crippen LogP contribution is -2.70. The van der Waals surface area contributed by atoms with E-state index < -0.39 is 64.8 Å².